The van der Waals surface area contributed by atoms with Gasteiger partial charge in [-0.1, -0.05) is 36.4 Å². The summed E-state index contributed by atoms with van der Waals surface area (Å²) in [6, 6.07) is 18.6. The molecule has 3 aromatic rings. The fourth-order valence-corrected chi connectivity index (χ4v) is 3.26. The number of para-hydroxylation sites is 2. The van der Waals surface area contributed by atoms with E-state index < -0.39 is 6.04 Å². The van der Waals surface area contributed by atoms with Crippen LogP contribution < -0.4 is 10.1 Å². The molecule has 0 fully saturated rings. The molecule has 2 aromatic carbocycles. The van der Waals surface area contributed by atoms with E-state index in [0.29, 0.717) is 18.6 Å². The summed E-state index contributed by atoms with van der Waals surface area (Å²) in [6.07, 6.45) is 3.96. The first kappa shape index (κ1) is 16.9. The second-order valence-electron chi connectivity index (χ2n) is 6.35. The number of nitrogens with one attached hydrogen (secondary N) is 1. The van der Waals surface area contributed by atoms with Gasteiger partial charge in [-0.05, 0) is 24.6 Å². The first-order valence-corrected chi connectivity index (χ1v) is 8.78. The number of benzene rings is 2. The molecule has 1 amide bonds. The number of nitriles is 1. The number of aromatic nitrogens is 2. The van der Waals surface area contributed by atoms with E-state index in [-0.39, 0.29) is 11.8 Å². The summed E-state index contributed by atoms with van der Waals surface area (Å²) < 4.78 is 7.30. The van der Waals surface area contributed by atoms with Gasteiger partial charge < -0.3 is 10.1 Å². The number of nitrogens with zero attached hydrogens (tertiary/aromatic N) is 3. The number of carbonyl (C=O) groups excluding carboxylic acids is 1. The summed E-state index contributed by atoms with van der Waals surface area (Å²) in [7, 11) is 0. The van der Waals surface area contributed by atoms with Gasteiger partial charge >= 0.3 is 0 Å². The molecule has 6 heteroatoms. The Bertz CT molecular complexity index is 991. The maximum atomic E-state index is 12.8. The van der Waals surface area contributed by atoms with Crippen molar-refractivity contribution in [3.63, 3.8) is 0 Å². The van der Waals surface area contributed by atoms with Crippen molar-refractivity contribution in [3.8, 4) is 17.5 Å². The van der Waals surface area contributed by atoms with Crippen molar-refractivity contribution < 1.29 is 9.53 Å². The quantitative estimate of drug-likeness (QED) is 0.777. The van der Waals surface area contributed by atoms with Crippen molar-refractivity contribution in [2.45, 2.75) is 18.4 Å². The van der Waals surface area contributed by atoms with Crippen LogP contribution in [-0.4, -0.2) is 22.3 Å². The lowest BCUT2D eigenvalue weighted by molar-refractivity contribution is -0.123. The van der Waals surface area contributed by atoms with E-state index in [0.717, 1.165) is 17.0 Å². The molecule has 0 bridgehead atoms. The fourth-order valence-electron chi connectivity index (χ4n) is 3.26. The first-order valence-electron chi connectivity index (χ1n) is 8.78. The van der Waals surface area contributed by atoms with Gasteiger partial charge in [-0.2, -0.15) is 10.4 Å². The van der Waals surface area contributed by atoms with Crippen LogP contribution in [-0.2, 0) is 4.79 Å². The summed E-state index contributed by atoms with van der Waals surface area (Å²) >= 11 is 0. The molecule has 0 aliphatic carbocycles. The molecule has 0 radical (unpaired) electrons. The molecule has 2 heterocycles. The molecule has 0 spiro atoms. The number of rotatable bonds is 4. The largest absolute Gasteiger partial charge is 0.493 e. The number of amides is 1. The second-order valence-corrected chi connectivity index (χ2v) is 6.35. The average Bonchev–Trinajstić information content (AvgIpc) is 3.22. The summed E-state index contributed by atoms with van der Waals surface area (Å²) in [6.45, 7) is 0.484. The summed E-state index contributed by atoms with van der Waals surface area (Å²) in [5.74, 6) is 0.231. The monoisotopic (exact) mass is 358 g/mol. The number of fused-ring (bicyclic) bond motifs is 1. The molecule has 134 valence electrons. The van der Waals surface area contributed by atoms with E-state index in [9.17, 15) is 10.1 Å². The van der Waals surface area contributed by atoms with Gasteiger partial charge in [0, 0.05) is 17.3 Å². The van der Waals surface area contributed by atoms with Crippen molar-refractivity contribution in [2.24, 2.45) is 0 Å². The predicted molar refractivity (Wildman–Crippen MR) is 99.4 cm³/mol. The predicted octanol–water partition coefficient (Wildman–Crippen LogP) is 3.12. The summed E-state index contributed by atoms with van der Waals surface area (Å²) in [4.78, 5) is 12.8. The maximum Gasteiger partial charge on any atom is 0.229 e. The Hall–Kier alpha value is -3.59. The van der Waals surface area contributed by atoms with E-state index in [2.05, 4.69) is 16.5 Å². The van der Waals surface area contributed by atoms with E-state index in [1.807, 2.05) is 54.6 Å². The Morgan fingerprint density at radius 3 is 2.81 bits per heavy atom. The third-order valence-corrected chi connectivity index (χ3v) is 4.65. The molecule has 1 aromatic heterocycles. The van der Waals surface area contributed by atoms with Crippen LogP contribution in [0.1, 0.15) is 29.5 Å². The van der Waals surface area contributed by atoms with Crippen molar-refractivity contribution >= 4 is 5.91 Å². The molecule has 27 heavy (non-hydrogen) atoms. The number of ether oxygens (including phenoxy) is 1. The topological polar surface area (TPSA) is 79.9 Å². The Morgan fingerprint density at radius 1 is 1.22 bits per heavy atom. The molecule has 2 unspecified atom stereocenters. The number of carbonyl (C=O) groups is 1. The molecule has 4 rings (SSSR count). The smallest absolute Gasteiger partial charge is 0.229 e. The highest BCUT2D eigenvalue weighted by Crippen LogP contribution is 2.33. The Labute approximate surface area is 157 Å². The van der Waals surface area contributed by atoms with Crippen LogP contribution in [0.15, 0.2) is 67.0 Å². The molecule has 6 nitrogen and oxygen atoms in total. The van der Waals surface area contributed by atoms with Crippen LogP contribution in [0.5, 0.6) is 5.75 Å². The molecule has 1 aliphatic heterocycles. The maximum absolute atomic E-state index is 12.8. The van der Waals surface area contributed by atoms with Gasteiger partial charge in [0.15, 0.2) is 0 Å². The zero-order valence-corrected chi connectivity index (χ0v) is 14.6. The first-order chi connectivity index (χ1) is 13.3. The number of hydrogen-bond donors (Lipinski definition) is 1. The standard InChI is InChI=1S/C21H18N4O2/c22-12-19(15-13-23-25(14-15)16-6-2-1-3-7-16)24-21(26)18-10-11-27-20-9-5-4-8-17(18)20/h1-9,13-14,18-19H,10-11H2,(H,24,26). The molecule has 0 saturated heterocycles. The van der Waals surface area contributed by atoms with E-state index in [1.165, 1.54) is 0 Å². The van der Waals surface area contributed by atoms with Gasteiger partial charge in [-0.25, -0.2) is 4.68 Å². The van der Waals surface area contributed by atoms with Crippen LogP contribution in [0.3, 0.4) is 0 Å². The third kappa shape index (κ3) is 3.40. The van der Waals surface area contributed by atoms with Gasteiger partial charge in [-0.3, -0.25) is 4.79 Å². The van der Waals surface area contributed by atoms with Crippen LogP contribution in [0.4, 0.5) is 0 Å². The fraction of sp³-hybridized carbons (Fsp3) is 0.190. The lowest BCUT2D eigenvalue weighted by Crippen LogP contribution is -2.34. The van der Waals surface area contributed by atoms with Crippen LogP contribution >= 0.6 is 0 Å². The zero-order valence-electron chi connectivity index (χ0n) is 14.6. The highest BCUT2D eigenvalue weighted by molar-refractivity contribution is 5.85. The van der Waals surface area contributed by atoms with Gasteiger partial charge in [-0.15, -0.1) is 0 Å². The third-order valence-electron chi connectivity index (χ3n) is 4.65. The van der Waals surface area contributed by atoms with Crippen molar-refractivity contribution in [3.05, 3.63) is 78.1 Å². The summed E-state index contributed by atoms with van der Waals surface area (Å²) in [5, 5.41) is 16.7. The normalized spacial score (nSPS) is 16.5. The van der Waals surface area contributed by atoms with Crippen LogP contribution in [0.2, 0.25) is 0 Å². The SMILES string of the molecule is N#CC(NC(=O)C1CCOc2ccccc21)c1cnn(-c2ccccc2)c1. The highest BCUT2D eigenvalue weighted by atomic mass is 16.5. The van der Waals surface area contributed by atoms with Gasteiger partial charge in [0.2, 0.25) is 5.91 Å². The van der Waals surface area contributed by atoms with Crippen LogP contribution in [0.25, 0.3) is 5.69 Å². The average molecular weight is 358 g/mol. The second kappa shape index (κ2) is 7.34. The minimum absolute atomic E-state index is 0.176. The molecular formula is C21H18N4O2. The van der Waals surface area contributed by atoms with E-state index in [1.54, 1.807) is 17.1 Å². The van der Waals surface area contributed by atoms with E-state index >= 15 is 0 Å². The Balaban J connectivity index is 1.53. The Kier molecular flexibility index (Phi) is 4.58. The van der Waals surface area contributed by atoms with Gasteiger partial charge in [0.25, 0.3) is 0 Å². The lowest BCUT2D eigenvalue weighted by Gasteiger charge is -2.25. The van der Waals surface area contributed by atoms with E-state index in [4.69, 9.17) is 4.74 Å². The molecule has 1 N–H and O–H groups in total. The zero-order chi connectivity index (χ0) is 18.6. The minimum atomic E-state index is -0.759. The molecule has 1 aliphatic rings. The van der Waals surface area contributed by atoms with Crippen molar-refractivity contribution in [1.82, 2.24) is 15.1 Å². The minimum Gasteiger partial charge on any atom is -0.493 e. The van der Waals surface area contributed by atoms with Gasteiger partial charge in [0.05, 0.1) is 30.5 Å². The summed E-state index contributed by atoms with van der Waals surface area (Å²) in [5.41, 5.74) is 2.40. The molecular weight excluding hydrogens is 340 g/mol. The Morgan fingerprint density at radius 2 is 2.00 bits per heavy atom. The lowest BCUT2D eigenvalue weighted by atomic mass is 9.92. The van der Waals surface area contributed by atoms with Gasteiger partial charge in [0.1, 0.15) is 11.8 Å². The highest BCUT2D eigenvalue weighted by Gasteiger charge is 2.29. The van der Waals surface area contributed by atoms with Crippen molar-refractivity contribution in [2.75, 3.05) is 6.61 Å². The molecule has 2 atom stereocenters. The van der Waals surface area contributed by atoms with Crippen LogP contribution in [0, 0.1) is 11.3 Å². The number of hydrogen-bond acceptors (Lipinski definition) is 4. The molecule has 0 saturated carbocycles. The van der Waals surface area contributed by atoms with Crippen molar-refractivity contribution in [1.29, 1.82) is 5.26 Å².